The van der Waals surface area contributed by atoms with Gasteiger partial charge in [0.25, 0.3) is 5.89 Å². The van der Waals surface area contributed by atoms with E-state index in [-0.39, 0.29) is 0 Å². The SMILES string of the molecule is Clc1ccccc1-c1nnc(SCc2noc(-c3ccsc3)n2)n1Cc1ccccc1. The normalized spacial score (nSPS) is 11.1. The fourth-order valence-electron chi connectivity index (χ4n) is 3.09. The number of halogens is 1. The first-order chi connectivity index (χ1) is 15.3. The quantitative estimate of drug-likeness (QED) is 0.272. The molecular formula is C22H16ClN5OS2. The van der Waals surface area contributed by atoms with Gasteiger partial charge in [0.1, 0.15) is 0 Å². The van der Waals surface area contributed by atoms with E-state index in [0.29, 0.717) is 29.0 Å². The van der Waals surface area contributed by atoms with Crippen molar-refractivity contribution in [2.24, 2.45) is 0 Å². The zero-order valence-electron chi connectivity index (χ0n) is 16.2. The number of hydrogen-bond donors (Lipinski definition) is 0. The summed E-state index contributed by atoms with van der Waals surface area (Å²) < 4.78 is 7.46. The maximum atomic E-state index is 6.45. The zero-order valence-corrected chi connectivity index (χ0v) is 18.6. The number of aromatic nitrogens is 5. The van der Waals surface area contributed by atoms with Gasteiger partial charge in [-0.25, -0.2) is 0 Å². The molecule has 6 nitrogen and oxygen atoms in total. The highest BCUT2D eigenvalue weighted by molar-refractivity contribution is 7.98. The summed E-state index contributed by atoms with van der Waals surface area (Å²) in [5.41, 5.74) is 2.93. The van der Waals surface area contributed by atoms with Crippen LogP contribution < -0.4 is 0 Å². The van der Waals surface area contributed by atoms with Crippen molar-refractivity contribution < 1.29 is 4.52 Å². The number of thioether (sulfide) groups is 1. The summed E-state index contributed by atoms with van der Waals surface area (Å²) in [4.78, 5) is 4.49. The molecule has 5 aromatic rings. The molecule has 0 unspecified atom stereocenters. The molecule has 0 fully saturated rings. The van der Waals surface area contributed by atoms with E-state index in [0.717, 1.165) is 27.7 Å². The molecule has 9 heteroatoms. The first-order valence-electron chi connectivity index (χ1n) is 9.48. The minimum Gasteiger partial charge on any atom is -0.334 e. The number of nitrogens with zero attached hydrogens (tertiary/aromatic N) is 5. The van der Waals surface area contributed by atoms with Crippen molar-refractivity contribution in [1.29, 1.82) is 0 Å². The molecular weight excluding hydrogens is 450 g/mol. The van der Waals surface area contributed by atoms with Crippen LogP contribution in [0.25, 0.3) is 22.8 Å². The van der Waals surface area contributed by atoms with Gasteiger partial charge in [0.15, 0.2) is 16.8 Å². The molecule has 0 N–H and O–H groups in total. The molecule has 0 amide bonds. The van der Waals surface area contributed by atoms with Gasteiger partial charge in [0, 0.05) is 10.9 Å². The van der Waals surface area contributed by atoms with Crippen LogP contribution in [0.1, 0.15) is 11.4 Å². The third-order valence-electron chi connectivity index (χ3n) is 4.58. The van der Waals surface area contributed by atoms with E-state index in [4.69, 9.17) is 16.1 Å². The lowest BCUT2D eigenvalue weighted by atomic mass is 10.2. The summed E-state index contributed by atoms with van der Waals surface area (Å²) >= 11 is 9.56. The molecule has 0 atom stereocenters. The topological polar surface area (TPSA) is 69.6 Å². The highest BCUT2D eigenvalue weighted by atomic mass is 35.5. The van der Waals surface area contributed by atoms with Crippen LogP contribution in [-0.4, -0.2) is 24.9 Å². The lowest BCUT2D eigenvalue weighted by Crippen LogP contribution is -2.04. The lowest BCUT2D eigenvalue weighted by molar-refractivity contribution is 0.425. The van der Waals surface area contributed by atoms with E-state index >= 15 is 0 Å². The van der Waals surface area contributed by atoms with Crippen molar-refractivity contribution in [2.75, 3.05) is 0 Å². The second kappa shape index (κ2) is 9.05. The van der Waals surface area contributed by atoms with Gasteiger partial charge in [-0.1, -0.05) is 71.0 Å². The van der Waals surface area contributed by atoms with Crippen molar-refractivity contribution >= 4 is 34.7 Å². The second-order valence-corrected chi connectivity index (χ2v) is 8.80. The maximum absolute atomic E-state index is 6.45. The van der Waals surface area contributed by atoms with Crippen LogP contribution in [-0.2, 0) is 12.3 Å². The van der Waals surface area contributed by atoms with Crippen LogP contribution >= 0.6 is 34.7 Å². The minimum atomic E-state index is 0.517. The van der Waals surface area contributed by atoms with E-state index in [1.807, 2.05) is 59.3 Å². The van der Waals surface area contributed by atoms with Crippen molar-refractivity contribution in [3.63, 3.8) is 0 Å². The first-order valence-corrected chi connectivity index (χ1v) is 11.8. The molecule has 5 rings (SSSR count). The third-order valence-corrected chi connectivity index (χ3v) is 6.56. The Hall–Kier alpha value is -2.94. The molecule has 0 aliphatic heterocycles. The Morgan fingerprint density at radius 2 is 1.84 bits per heavy atom. The maximum Gasteiger partial charge on any atom is 0.258 e. The molecule has 3 heterocycles. The van der Waals surface area contributed by atoms with Crippen molar-refractivity contribution in [3.05, 3.63) is 87.8 Å². The summed E-state index contributed by atoms with van der Waals surface area (Å²) in [6.07, 6.45) is 0. The molecule has 0 saturated carbocycles. The Morgan fingerprint density at radius 1 is 1.00 bits per heavy atom. The average Bonchev–Trinajstić information content (AvgIpc) is 3.55. The summed E-state index contributed by atoms with van der Waals surface area (Å²) in [7, 11) is 0. The van der Waals surface area contributed by atoms with Gasteiger partial charge in [-0.15, -0.1) is 10.2 Å². The van der Waals surface area contributed by atoms with Gasteiger partial charge in [-0.05, 0) is 29.1 Å². The highest BCUT2D eigenvalue weighted by Gasteiger charge is 2.18. The molecule has 0 spiro atoms. The minimum absolute atomic E-state index is 0.517. The van der Waals surface area contributed by atoms with Crippen LogP contribution in [0.3, 0.4) is 0 Å². The van der Waals surface area contributed by atoms with Gasteiger partial charge in [0.05, 0.1) is 22.9 Å². The predicted molar refractivity (Wildman–Crippen MR) is 123 cm³/mol. The van der Waals surface area contributed by atoms with Gasteiger partial charge in [-0.2, -0.15) is 16.3 Å². The van der Waals surface area contributed by atoms with E-state index in [2.05, 4.69) is 37.0 Å². The molecule has 0 saturated heterocycles. The molecule has 2 aromatic carbocycles. The first kappa shape index (κ1) is 20.0. The fourth-order valence-corrected chi connectivity index (χ4v) is 4.72. The Labute approximate surface area is 191 Å². The van der Waals surface area contributed by atoms with Gasteiger partial charge < -0.3 is 4.52 Å². The van der Waals surface area contributed by atoms with Crippen LogP contribution in [0.2, 0.25) is 5.02 Å². The molecule has 31 heavy (non-hydrogen) atoms. The predicted octanol–water partition coefficient (Wildman–Crippen LogP) is 6.05. The van der Waals surface area contributed by atoms with Gasteiger partial charge in [-0.3, -0.25) is 4.57 Å². The number of rotatable bonds is 7. The molecule has 0 bridgehead atoms. The van der Waals surface area contributed by atoms with Crippen LogP contribution in [0.5, 0.6) is 0 Å². The number of benzene rings is 2. The Kier molecular flexibility index (Phi) is 5.84. The molecule has 0 radical (unpaired) electrons. The van der Waals surface area contributed by atoms with Crippen molar-refractivity contribution in [2.45, 2.75) is 17.5 Å². The zero-order chi connectivity index (χ0) is 21.0. The summed E-state index contributed by atoms with van der Waals surface area (Å²) in [6.45, 7) is 0.628. The fraction of sp³-hybridized carbons (Fsp3) is 0.0909. The van der Waals surface area contributed by atoms with E-state index in [1.165, 1.54) is 11.8 Å². The smallest absolute Gasteiger partial charge is 0.258 e. The Morgan fingerprint density at radius 3 is 2.65 bits per heavy atom. The summed E-state index contributed by atoms with van der Waals surface area (Å²) in [5.74, 6) is 2.38. The highest BCUT2D eigenvalue weighted by Crippen LogP contribution is 2.31. The lowest BCUT2D eigenvalue weighted by Gasteiger charge is -2.11. The second-order valence-electron chi connectivity index (χ2n) is 6.67. The number of thiophene rings is 1. The molecule has 0 aliphatic rings. The van der Waals surface area contributed by atoms with E-state index < -0.39 is 0 Å². The van der Waals surface area contributed by atoms with E-state index in [1.54, 1.807) is 11.3 Å². The molecule has 3 aromatic heterocycles. The van der Waals surface area contributed by atoms with Crippen molar-refractivity contribution in [1.82, 2.24) is 24.9 Å². The monoisotopic (exact) mass is 465 g/mol. The van der Waals surface area contributed by atoms with Gasteiger partial charge >= 0.3 is 0 Å². The van der Waals surface area contributed by atoms with Crippen molar-refractivity contribution in [3.8, 4) is 22.8 Å². The largest absolute Gasteiger partial charge is 0.334 e. The summed E-state index contributed by atoms with van der Waals surface area (Å²) in [6, 6.07) is 19.8. The third kappa shape index (κ3) is 4.41. The van der Waals surface area contributed by atoms with Crippen LogP contribution in [0.15, 0.2) is 81.1 Å². The molecule has 0 aliphatic carbocycles. The van der Waals surface area contributed by atoms with E-state index in [9.17, 15) is 0 Å². The Bertz CT molecular complexity index is 1280. The average molecular weight is 466 g/mol. The summed E-state index contributed by atoms with van der Waals surface area (Å²) in [5, 5.41) is 18.3. The number of hydrogen-bond acceptors (Lipinski definition) is 7. The van der Waals surface area contributed by atoms with Crippen LogP contribution in [0, 0.1) is 0 Å². The Balaban J connectivity index is 1.43. The van der Waals surface area contributed by atoms with Crippen LogP contribution in [0.4, 0.5) is 0 Å². The van der Waals surface area contributed by atoms with Gasteiger partial charge in [0.2, 0.25) is 0 Å². The standard InChI is InChI=1S/C22H16ClN5OS2/c23-18-9-5-4-8-17(18)20-25-26-22(28(20)12-15-6-2-1-3-7-15)31-14-19-24-21(29-27-19)16-10-11-30-13-16/h1-11,13H,12,14H2. The molecule has 154 valence electrons.